The minimum Gasteiger partial charge on any atom is -0.322 e. The second kappa shape index (κ2) is 9.54. The Balaban J connectivity index is 1.66. The maximum atomic E-state index is 13.9. The summed E-state index contributed by atoms with van der Waals surface area (Å²) < 4.78 is 41.0. The monoisotopic (exact) mass is 528 g/mol. The zero-order chi connectivity index (χ0) is 27.2. The van der Waals surface area contributed by atoms with Crippen LogP contribution in [0.3, 0.4) is 0 Å². The van der Waals surface area contributed by atoms with E-state index in [1.807, 2.05) is 32.0 Å². The van der Waals surface area contributed by atoms with Crippen molar-refractivity contribution in [3.05, 3.63) is 118 Å². The van der Waals surface area contributed by atoms with Gasteiger partial charge in [0.05, 0.1) is 27.6 Å². The maximum Gasteiger partial charge on any atom is 0.259 e. The number of fused-ring (bicyclic) bond motifs is 2. The van der Waals surface area contributed by atoms with E-state index in [-0.39, 0.29) is 33.2 Å². The van der Waals surface area contributed by atoms with Crippen LogP contribution in [0.1, 0.15) is 43.0 Å². The zero-order valence-electron chi connectivity index (χ0n) is 21.1. The lowest BCUT2D eigenvalue weighted by molar-refractivity contribution is 0.0979. The van der Waals surface area contributed by atoms with Crippen LogP contribution in [0.15, 0.2) is 88.7 Å². The Morgan fingerprint density at radius 1 is 0.868 bits per heavy atom. The summed E-state index contributed by atoms with van der Waals surface area (Å²) in [6.45, 7) is 5.66. The second-order valence-electron chi connectivity index (χ2n) is 9.42. The van der Waals surface area contributed by atoms with E-state index < -0.39 is 27.5 Å². The number of nitrogens with one attached hydrogen (secondary N) is 1. The molecule has 4 aromatic carbocycles. The minimum atomic E-state index is -4.06. The number of amides is 2. The molecular formula is C30H25FN2O4S. The number of sulfone groups is 1. The van der Waals surface area contributed by atoms with Crippen LogP contribution in [0.25, 0.3) is 0 Å². The van der Waals surface area contributed by atoms with Gasteiger partial charge in [-0.3, -0.25) is 9.59 Å². The van der Waals surface area contributed by atoms with Gasteiger partial charge in [-0.25, -0.2) is 12.8 Å². The Kier molecular flexibility index (Phi) is 6.36. The van der Waals surface area contributed by atoms with Gasteiger partial charge >= 0.3 is 0 Å². The summed E-state index contributed by atoms with van der Waals surface area (Å²) in [4.78, 5) is 28.3. The maximum absolute atomic E-state index is 13.9. The lowest BCUT2D eigenvalue weighted by atomic mass is 10.0. The summed E-state index contributed by atoms with van der Waals surface area (Å²) in [5.41, 5.74) is 4.13. The molecule has 0 saturated carbocycles. The SMILES string of the molecule is Cc1ccc(C)c(CN2C(=O)c3ccccc3S(=O)(=O)c3ccc(C(=O)Nc4ccc(F)cc4C)cc32)c1. The first kappa shape index (κ1) is 25.4. The lowest BCUT2D eigenvalue weighted by Gasteiger charge is -2.24. The summed E-state index contributed by atoms with van der Waals surface area (Å²) in [6, 6.07) is 20.2. The molecule has 0 aliphatic carbocycles. The van der Waals surface area contributed by atoms with Crippen molar-refractivity contribution in [1.82, 2.24) is 0 Å². The van der Waals surface area contributed by atoms with Crippen LogP contribution in [0.4, 0.5) is 15.8 Å². The van der Waals surface area contributed by atoms with Crippen LogP contribution in [-0.2, 0) is 16.4 Å². The standard InChI is InChI=1S/C30H25FN2O4S/c1-18-8-9-19(2)22(14-18)17-33-26-16-21(29(34)32-25-12-11-23(31)15-20(25)3)10-13-28(26)38(36,37)27-7-5-4-6-24(27)30(33)35/h4-16H,17H2,1-3H3,(H,32,34). The molecule has 4 aromatic rings. The summed E-state index contributed by atoms with van der Waals surface area (Å²) in [6.07, 6.45) is 0. The van der Waals surface area contributed by atoms with Gasteiger partial charge in [-0.15, -0.1) is 0 Å². The summed E-state index contributed by atoms with van der Waals surface area (Å²) in [7, 11) is -4.06. The number of halogens is 1. The number of hydrogen-bond acceptors (Lipinski definition) is 4. The molecule has 0 aromatic heterocycles. The summed E-state index contributed by atoms with van der Waals surface area (Å²) in [5.74, 6) is -1.41. The topological polar surface area (TPSA) is 83.6 Å². The highest BCUT2D eigenvalue weighted by Crippen LogP contribution is 2.38. The highest BCUT2D eigenvalue weighted by molar-refractivity contribution is 7.91. The molecule has 0 saturated heterocycles. The third-order valence-electron chi connectivity index (χ3n) is 6.72. The normalized spacial score (nSPS) is 13.9. The van der Waals surface area contributed by atoms with E-state index in [0.717, 1.165) is 16.7 Å². The number of rotatable bonds is 4. The number of nitrogens with zero attached hydrogens (tertiary/aromatic N) is 1. The second-order valence-corrected chi connectivity index (χ2v) is 11.3. The first-order valence-electron chi connectivity index (χ1n) is 12.0. The number of carbonyl (C=O) groups excluding carboxylic acids is 2. The molecule has 5 rings (SSSR count). The molecule has 38 heavy (non-hydrogen) atoms. The fourth-order valence-corrected chi connectivity index (χ4v) is 6.24. The van der Waals surface area contributed by atoms with Gasteiger partial charge in [0.25, 0.3) is 11.8 Å². The van der Waals surface area contributed by atoms with E-state index in [1.54, 1.807) is 19.1 Å². The molecule has 0 bridgehead atoms. The predicted molar refractivity (Wildman–Crippen MR) is 144 cm³/mol. The fraction of sp³-hybridized carbons (Fsp3) is 0.133. The Labute approximate surface area is 220 Å². The van der Waals surface area contributed by atoms with E-state index in [4.69, 9.17) is 0 Å². The van der Waals surface area contributed by atoms with Crippen molar-refractivity contribution in [3.8, 4) is 0 Å². The van der Waals surface area contributed by atoms with Gasteiger partial charge in [-0.05, 0) is 86.0 Å². The van der Waals surface area contributed by atoms with Crippen LogP contribution in [0.2, 0.25) is 0 Å². The molecule has 8 heteroatoms. The number of anilines is 2. The van der Waals surface area contributed by atoms with Gasteiger partial charge in [0.1, 0.15) is 5.82 Å². The van der Waals surface area contributed by atoms with Crippen molar-refractivity contribution in [2.45, 2.75) is 37.1 Å². The van der Waals surface area contributed by atoms with Crippen molar-refractivity contribution < 1.29 is 22.4 Å². The Morgan fingerprint density at radius 2 is 1.63 bits per heavy atom. The summed E-state index contributed by atoms with van der Waals surface area (Å²) in [5, 5.41) is 2.75. The molecule has 0 unspecified atom stereocenters. The van der Waals surface area contributed by atoms with Crippen LogP contribution in [-0.4, -0.2) is 20.2 Å². The number of hydrogen-bond donors (Lipinski definition) is 1. The Hall–Kier alpha value is -4.30. The van der Waals surface area contributed by atoms with E-state index in [0.29, 0.717) is 11.3 Å². The van der Waals surface area contributed by atoms with Crippen LogP contribution in [0, 0.1) is 26.6 Å². The molecule has 1 aliphatic heterocycles. The first-order valence-corrected chi connectivity index (χ1v) is 13.5. The van der Waals surface area contributed by atoms with E-state index in [9.17, 15) is 22.4 Å². The quantitative estimate of drug-likeness (QED) is 0.352. The van der Waals surface area contributed by atoms with Crippen LogP contribution < -0.4 is 10.2 Å². The van der Waals surface area contributed by atoms with E-state index in [1.165, 1.54) is 53.4 Å². The van der Waals surface area contributed by atoms with Gasteiger partial charge in [-0.1, -0.05) is 35.9 Å². The van der Waals surface area contributed by atoms with E-state index >= 15 is 0 Å². The van der Waals surface area contributed by atoms with Gasteiger partial charge in [0, 0.05) is 11.3 Å². The summed E-state index contributed by atoms with van der Waals surface area (Å²) >= 11 is 0. The zero-order valence-corrected chi connectivity index (χ0v) is 21.9. The minimum absolute atomic E-state index is 0.0596. The molecular weight excluding hydrogens is 503 g/mol. The highest BCUT2D eigenvalue weighted by atomic mass is 32.2. The molecule has 6 nitrogen and oxygen atoms in total. The molecule has 0 spiro atoms. The average molecular weight is 529 g/mol. The van der Waals surface area contributed by atoms with Crippen molar-refractivity contribution in [3.63, 3.8) is 0 Å². The smallest absolute Gasteiger partial charge is 0.259 e. The van der Waals surface area contributed by atoms with Crippen LogP contribution >= 0.6 is 0 Å². The molecule has 1 aliphatic rings. The molecule has 192 valence electrons. The van der Waals surface area contributed by atoms with Crippen molar-refractivity contribution in [2.24, 2.45) is 0 Å². The molecule has 0 fully saturated rings. The number of carbonyl (C=O) groups is 2. The average Bonchev–Trinajstić information content (AvgIpc) is 2.95. The molecule has 0 atom stereocenters. The molecule has 0 radical (unpaired) electrons. The van der Waals surface area contributed by atoms with Crippen molar-refractivity contribution in [2.75, 3.05) is 10.2 Å². The number of benzene rings is 4. The molecule has 1 N–H and O–H groups in total. The fourth-order valence-electron chi connectivity index (χ4n) is 4.61. The molecule has 1 heterocycles. The predicted octanol–water partition coefficient (Wildman–Crippen LogP) is 6.00. The van der Waals surface area contributed by atoms with Crippen LogP contribution in [0.5, 0.6) is 0 Å². The van der Waals surface area contributed by atoms with Gasteiger partial charge in [0.2, 0.25) is 9.84 Å². The highest BCUT2D eigenvalue weighted by Gasteiger charge is 2.36. The van der Waals surface area contributed by atoms with Crippen molar-refractivity contribution in [1.29, 1.82) is 0 Å². The largest absolute Gasteiger partial charge is 0.322 e. The molecule has 2 amide bonds. The van der Waals surface area contributed by atoms with Gasteiger partial charge in [-0.2, -0.15) is 0 Å². The van der Waals surface area contributed by atoms with Crippen molar-refractivity contribution >= 4 is 33.0 Å². The van der Waals surface area contributed by atoms with Gasteiger partial charge in [0.15, 0.2) is 0 Å². The van der Waals surface area contributed by atoms with E-state index in [2.05, 4.69) is 5.32 Å². The first-order chi connectivity index (χ1) is 18.1. The van der Waals surface area contributed by atoms with Gasteiger partial charge < -0.3 is 10.2 Å². The third kappa shape index (κ3) is 4.48. The Bertz CT molecular complexity index is 1730. The lowest BCUT2D eigenvalue weighted by Crippen LogP contribution is -2.31. The Morgan fingerprint density at radius 3 is 2.39 bits per heavy atom. The number of aryl methyl sites for hydroxylation is 3. The third-order valence-corrected chi connectivity index (χ3v) is 8.58.